The lowest BCUT2D eigenvalue weighted by atomic mass is 9.65. The minimum atomic E-state index is -1.60. The maximum absolute atomic E-state index is 14.6. The Bertz CT molecular complexity index is 1470. The van der Waals surface area contributed by atoms with Crippen molar-refractivity contribution in [1.82, 2.24) is 5.32 Å². The third kappa shape index (κ3) is 2.87. The smallest absolute Gasteiger partial charge is 0.314 e. The quantitative estimate of drug-likeness (QED) is 0.427. The van der Waals surface area contributed by atoms with E-state index in [2.05, 4.69) is 5.32 Å². The van der Waals surface area contributed by atoms with Crippen LogP contribution in [0.1, 0.15) is 23.6 Å². The first-order chi connectivity index (χ1) is 17.9. The molecule has 3 aromatic rings. The van der Waals surface area contributed by atoms with Crippen molar-refractivity contribution >= 4 is 46.4 Å². The van der Waals surface area contributed by atoms with Crippen LogP contribution in [0.3, 0.4) is 0 Å². The van der Waals surface area contributed by atoms with Crippen LogP contribution < -0.4 is 15.1 Å². The van der Waals surface area contributed by atoms with Gasteiger partial charge in [-0.15, -0.1) is 0 Å². The highest BCUT2D eigenvalue weighted by Crippen LogP contribution is 2.60. The molecule has 3 heterocycles. The zero-order valence-electron chi connectivity index (χ0n) is 20.4. The van der Waals surface area contributed by atoms with Crippen LogP contribution in [0, 0.1) is 5.92 Å². The number of hydrogen-bond donors (Lipinski definition) is 1. The van der Waals surface area contributed by atoms with Gasteiger partial charge >= 0.3 is 5.97 Å². The molecule has 0 unspecified atom stereocenters. The molecule has 0 aliphatic carbocycles. The van der Waals surface area contributed by atoms with Gasteiger partial charge in [-0.3, -0.25) is 14.4 Å². The molecule has 2 amide bonds. The molecule has 0 bridgehead atoms. The Morgan fingerprint density at radius 3 is 2.24 bits per heavy atom. The van der Waals surface area contributed by atoms with Crippen LogP contribution in [0.4, 0.5) is 11.4 Å². The van der Waals surface area contributed by atoms with Crippen molar-refractivity contribution in [2.45, 2.75) is 24.4 Å². The number of likely N-dealkylation sites (N-methyl/N-ethyl adjacent to an activating group) is 1. The van der Waals surface area contributed by atoms with Crippen LogP contribution in [0.15, 0.2) is 78.9 Å². The number of carbonyl (C=O) groups excluding carboxylic acids is 3. The molecule has 0 radical (unpaired) electrons. The first-order valence-electron chi connectivity index (χ1n) is 12.2. The molecule has 186 valence electrons. The second kappa shape index (κ2) is 8.24. The number of anilines is 2. The molecular formula is C29H25N3O4S. The zero-order chi connectivity index (χ0) is 25.9. The summed E-state index contributed by atoms with van der Waals surface area (Å²) in [5.41, 5.74) is 0.299. The van der Waals surface area contributed by atoms with E-state index in [1.807, 2.05) is 78.9 Å². The van der Waals surface area contributed by atoms with Crippen molar-refractivity contribution in [2.75, 3.05) is 23.5 Å². The molecule has 3 aromatic carbocycles. The van der Waals surface area contributed by atoms with E-state index in [1.54, 1.807) is 18.9 Å². The molecule has 3 aliphatic heterocycles. The Morgan fingerprint density at radius 1 is 0.919 bits per heavy atom. The van der Waals surface area contributed by atoms with Gasteiger partial charge in [-0.2, -0.15) is 0 Å². The van der Waals surface area contributed by atoms with Gasteiger partial charge < -0.3 is 19.9 Å². The maximum Gasteiger partial charge on any atom is 0.314 e. The summed E-state index contributed by atoms with van der Waals surface area (Å²) in [5.74, 6) is -2.57. The van der Waals surface area contributed by atoms with E-state index in [1.165, 1.54) is 4.90 Å². The number of fused-ring (bicyclic) bond motifs is 4. The number of amides is 2. The van der Waals surface area contributed by atoms with Gasteiger partial charge in [0.2, 0.25) is 5.91 Å². The number of benzene rings is 3. The van der Waals surface area contributed by atoms with Crippen molar-refractivity contribution in [3.63, 3.8) is 0 Å². The number of para-hydroxylation sites is 2. The molecule has 0 aromatic heterocycles. The molecule has 1 fully saturated rings. The normalized spacial score (nSPS) is 25.6. The molecule has 0 saturated carbocycles. The molecule has 1 N–H and O–H groups in total. The minimum absolute atomic E-state index is 0.101. The third-order valence-electron chi connectivity index (χ3n) is 7.78. The first kappa shape index (κ1) is 23.4. The summed E-state index contributed by atoms with van der Waals surface area (Å²) in [5, 5.41) is 3.24. The number of rotatable bonds is 4. The van der Waals surface area contributed by atoms with E-state index in [-0.39, 0.29) is 23.4 Å². The van der Waals surface area contributed by atoms with Crippen LogP contribution in [0.5, 0.6) is 0 Å². The lowest BCUT2D eigenvalue weighted by Crippen LogP contribution is -2.56. The number of esters is 1. The number of thiocarbonyl (C=S) groups is 1. The highest BCUT2D eigenvalue weighted by atomic mass is 32.1. The number of hydrogen-bond acceptors (Lipinski definition) is 5. The van der Waals surface area contributed by atoms with E-state index >= 15 is 0 Å². The fourth-order valence-electron chi connectivity index (χ4n) is 6.27. The Kier molecular flexibility index (Phi) is 5.21. The van der Waals surface area contributed by atoms with Crippen molar-refractivity contribution < 1.29 is 19.1 Å². The van der Waals surface area contributed by atoms with Crippen molar-refractivity contribution in [3.8, 4) is 0 Å². The second-order valence-corrected chi connectivity index (χ2v) is 9.94. The topological polar surface area (TPSA) is 79.0 Å². The van der Waals surface area contributed by atoms with Gasteiger partial charge in [-0.05, 0) is 30.2 Å². The highest BCUT2D eigenvalue weighted by molar-refractivity contribution is 7.80. The molecule has 37 heavy (non-hydrogen) atoms. The standard InChI is InChI=1S/C29H25N3O4S/c1-3-36-24(33)23-28(25(37)30-29(23)20-14-8-9-15-21(20)31(2)27(29)35)19-13-7-10-16-22(19)32(26(28)34)17-18-11-5-4-6-12-18/h4-16,23H,3,17H2,1-2H3,(H,30,37)/t23-,28-,29-/m0/s1. The number of ether oxygens (including phenoxy) is 1. The second-order valence-electron chi connectivity index (χ2n) is 9.53. The predicted molar refractivity (Wildman–Crippen MR) is 143 cm³/mol. The molecule has 1 saturated heterocycles. The van der Waals surface area contributed by atoms with Crippen LogP contribution in [0.2, 0.25) is 0 Å². The van der Waals surface area contributed by atoms with Gasteiger partial charge in [0.05, 0.1) is 18.1 Å². The van der Waals surface area contributed by atoms with Gasteiger partial charge in [-0.1, -0.05) is 78.9 Å². The molecule has 8 heteroatoms. The zero-order valence-corrected chi connectivity index (χ0v) is 21.2. The van der Waals surface area contributed by atoms with E-state index in [9.17, 15) is 14.4 Å². The van der Waals surface area contributed by atoms with Gasteiger partial charge in [0.15, 0.2) is 5.54 Å². The average Bonchev–Trinajstić information content (AvgIpc) is 3.42. The van der Waals surface area contributed by atoms with Crippen LogP contribution in [-0.2, 0) is 36.6 Å². The van der Waals surface area contributed by atoms with Gasteiger partial charge in [0.25, 0.3) is 5.91 Å². The summed E-state index contributed by atoms with van der Waals surface area (Å²) in [7, 11) is 1.67. The van der Waals surface area contributed by atoms with Crippen LogP contribution >= 0.6 is 12.2 Å². The number of carbonyl (C=O) groups is 3. The molecule has 3 atom stereocenters. The van der Waals surface area contributed by atoms with Gasteiger partial charge in [0.1, 0.15) is 11.3 Å². The Morgan fingerprint density at radius 2 is 1.54 bits per heavy atom. The van der Waals surface area contributed by atoms with E-state index < -0.39 is 22.8 Å². The van der Waals surface area contributed by atoms with Crippen LogP contribution in [-0.4, -0.2) is 36.4 Å². The summed E-state index contributed by atoms with van der Waals surface area (Å²) in [6.45, 7) is 2.11. The molecule has 2 spiro atoms. The lowest BCUT2D eigenvalue weighted by Gasteiger charge is -2.34. The van der Waals surface area contributed by atoms with E-state index in [0.29, 0.717) is 29.0 Å². The monoisotopic (exact) mass is 511 g/mol. The maximum atomic E-state index is 14.6. The molecule has 7 nitrogen and oxygen atoms in total. The lowest BCUT2D eigenvalue weighted by molar-refractivity contribution is -0.156. The largest absolute Gasteiger partial charge is 0.466 e. The number of nitrogens with zero attached hydrogens (tertiary/aromatic N) is 2. The SMILES string of the molecule is CCOC(=O)[C@H]1[C@]2(C(=O)N(Cc3ccccc3)c3ccccc32)C(=S)N[C@]12C(=O)N(C)c1ccccc12. The Hall–Kier alpha value is -4.04. The van der Waals surface area contributed by atoms with Crippen molar-refractivity contribution in [2.24, 2.45) is 5.92 Å². The summed E-state index contributed by atoms with van der Waals surface area (Å²) in [4.78, 5) is 45.9. The summed E-state index contributed by atoms with van der Waals surface area (Å²) >= 11 is 5.94. The fourth-order valence-corrected chi connectivity index (χ4v) is 6.75. The average molecular weight is 512 g/mol. The molecule has 6 rings (SSSR count). The Labute approximate surface area is 220 Å². The van der Waals surface area contributed by atoms with Gasteiger partial charge in [-0.25, -0.2) is 0 Å². The number of nitrogens with one attached hydrogen (secondary N) is 1. The summed E-state index contributed by atoms with van der Waals surface area (Å²) in [6.07, 6.45) is 0. The van der Waals surface area contributed by atoms with Crippen molar-refractivity contribution in [1.29, 1.82) is 0 Å². The highest BCUT2D eigenvalue weighted by Gasteiger charge is 2.76. The Balaban J connectivity index is 1.61. The van der Waals surface area contributed by atoms with E-state index in [0.717, 1.165) is 5.56 Å². The van der Waals surface area contributed by atoms with Gasteiger partial charge in [0, 0.05) is 24.0 Å². The summed E-state index contributed by atoms with van der Waals surface area (Å²) < 4.78 is 5.58. The fraction of sp³-hybridized carbons (Fsp3) is 0.241. The van der Waals surface area contributed by atoms with E-state index in [4.69, 9.17) is 17.0 Å². The minimum Gasteiger partial charge on any atom is -0.466 e. The molecule has 3 aliphatic rings. The van der Waals surface area contributed by atoms with Crippen molar-refractivity contribution in [3.05, 3.63) is 95.6 Å². The molecular weight excluding hydrogens is 486 g/mol. The first-order valence-corrected chi connectivity index (χ1v) is 12.6. The third-order valence-corrected chi connectivity index (χ3v) is 8.20. The summed E-state index contributed by atoms with van der Waals surface area (Å²) in [6, 6.07) is 24.3. The van der Waals surface area contributed by atoms with Crippen LogP contribution in [0.25, 0.3) is 0 Å². The predicted octanol–water partition coefficient (Wildman–Crippen LogP) is 3.45.